The summed E-state index contributed by atoms with van der Waals surface area (Å²) in [6.07, 6.45) is 1.11. The maximum absolute atomic E-state index is 12.6. The number of anilines is 1. The standard InChI is InChI=1S/C23H22Cl2N2O3S/c1-16(17-7-4-3-5-8-17)26-23(28)18-11-13-19(14-12-18)27(31(2,29)30)15-20-21(24)9-6-10-22(20)25/h3-14,16H,15H2,1-2H3,(H,26,28)/t16-/m1/s1. The van der Waals surface area contributed by atoms with Gasteiger partial charge in [0.05, 0.1) is 24.5 Å². The van der Waals surface area contributed by atoms with Gasteiger partial charge in [-0.05, 0) is 48.9 Å². The SMILES string of the molecule is C[C@@H](NC(=O)c1ccc(N(Cc2c(Cl)cccc2Cl)S(C)(=O)=O)cc1)c1ccccc1. The highest BCUT2D eigenvalue weighted by Crippen LogP contribution is 2.29. The van der Waals surface area contributed by atoms with Gasteiger partial charge in [-0.2, -0.15) is 0 Å². The van der Waals surface area contributed by atoms with Gasteiger partial charge in [-0.15, -0.1) is 0 Å². The molecule has 162 valence electrons. The van der Waals surface area contributed by atoms with Crippen LogP contribution in [0.25, 0.3) is 0 Å². The van der Waals surface area contributed by atoms with Crippen LogP contribution in [0.2, 0.25) is 10.0 Å². The molecule has 1 amide bonds. The molecule has 31 heavy (non-hydrogen) atoms. The Kier molecular flexibility index (Phi) is 7.26. The van der Waals surface area contributed by atoms with Crippen molar-refractivity contribution in [1.82, 2.24) is 5.32 Å². The van der Waals surface area contributed by atoms with E-state index in [9.17, 15) is 13.2 Å². The van der Waals surface area contributed by atoms with E-state index in [1.807, 2.05) is 37.3 Å². The van der Waals surface area contributed by atoms with Crippen LogP contribution in [0, 0.1) is 0 Å². The van der Waals surface area contributed by atoms with Crippen molar-refractivity contribution in [1.29, 1.82) is 0 Å². The summed E-state index contributed by atoms with van der Waals surface area (Å²) in [5.41, 5.74) is 2.34. The van der Waals surface area contributed by atoms with Crippen LogP contribution in [0.4, 0.5) is 5.69 Å². The maximum Gasteiger partial charge on any atom is 0.251 e. The minimum atomic E-state index is -3.62. The average molecular weight is 477 g/mol. The van der Waals surface area contributed by atoms with Crippen molar-refractivity contribution in [3.8, 4) is 0 Å². The van der Waals surface area contributed by atoms with Crippen LogP contribution in [-0.4, -0.2) is 20.6 Å². The van der Waals surface area contributed by atoms with Gasteiger partial charge in [0.25, 0.3) is 5.91 Å². The van der Waals surface area contributed by atoms with Gasteiger partial charge in [-0.1, -0.05) is 59.6 Å². The summed E-state index contributed by atoms with van der Waals surface area (Å²) in [5, 5.41) is 3.70. The first-order valence-corrected chi connectivity index (χ1v) is 12.1. The molecule has 0 bridgehead atoms. The molecule has 1 atom stereocenters. The molecule has 0 heterocycles. The smallest absolute Gasteiger partial charge is 0.251 e. The average Bonchev–Trinajstić information content (AvgIpc) is 2.73. The van der Waals surface area contributed by atoms with Crippen molar-refractivity contribution in [2.45, 2.75) is 19.5 Å². The number of rotatable bonds is 7. The summed E-state index contributed by atoms with van der Waals surface area (Å²) >= 11 is 12.4. The molecule has 0 radical (unpaired) electrons. The lowest BCUT2D eigenvalue weighted by Crippen LogP contribution is -2.30. The highest BCUT2D eigenvalue weighted by molar-refractivity contribution is 7.92. The van der Waals surface area contributed by atoms with Gasteiger partial charge in [-0.3, -0.25) is 9.10 Å². The third-order valence-corrected chi connectivity index (χ3v) is 6.68. The van der Waals surface area contributed by atoms with Gasteiger partial charge < -0.3 is 5.32 Å². The fourth-order valence-electron chi connectivity index (χ4n) is 3.11. The number of nitrogens with zero attached hydrogens (tertiary/aromatic N) is 1. The quantitative estimate of drug-likeness (QED) is 0.492. The summed E-state index contributed by atoms with van der Waals surface area (Å²) in [6.45, 7) is 1.88. The van der Waals surface area contributed by atoms with E-state index in [2.05, 4.69) is 5.32 Å². The number of hydrogen-bond donors (Lipinski definition) is 1. The Morgan fingerprint density at radius 2 is 1.52 bits per heavy atom. The van der Waals surface area contributed by atoms with Crippen molar-refractivity contribution >= 4 is 44.8 Å². The highest BCUT2D eigenvalue weighted by atomic mass is 35.5. The zero-order chi connectivity index (χ0) is 22.6. The van der Waals surface area contributed by atoms with E-state index in [1.165, 1.54) is 4.31 Å². The van der Waals surface area contributed by atoms with Crippen LogP contribution in [0.3, 0.4) is 0 Å². The van der Waals surface area contributed by atoms with Crippen LogP contribution < -0.4 is 9.62 Å². The predicted molar refractivity (Wildman–Crippen MR) is 126 cm³/mol. The van der Waals surface area contributed by atoms with Crippen molar-refractivity contribution < 1.29 is 13.2 Å². The van der Waals surface area contributed by atoms with Gasteiger partial charge in [-0.25, -0.2) is 8.42 Å². The van der Waals surface area contributed by atoms with E-state index >= 15 is 0 Å². The largest absolute Gasteiger partial charge is 0.346 e. The lowest BCUT2D eigenvalue weighted by Gasteiger charge is -2.24. The Morgan fingerprint density at radius 1 is 0.935 bits per heavy atom. The molecule has 0 fully saturated rings. The summed E-state index contributed by atoms with van der Waals surface area (Å²) in [6, 6.07) is 20.8. The van der Waals surface area contributed by atoms with Crippen molar-refractivity contribution in [3.63, 3.8) is 0 Å². The zero-order valence-electron chi connectivity index (χ0n) is 17.0. The molecular formula is C23H22Cl2N2O3S. The van der Waals surface area contributed by atoms with E-state index in [1.54, 1.807) is 42.5 Å². The first-order chi connectivity index (χ1) is 14.7. The van der Waals surface area contributed by atoms with Gasteiger partial charge in [0.1, 0.15) is 0 Å². The zero-order valence-corrected chi connectivity index (χ0v) is 19.4. The van der Waals surface area contributed by atoms with Gasteiger partial charge in [0.15, 0.2) is 0 Å². The maximum atomic E-state index is 12.6. The highest BCUT2D eigenvalue weighted by Gasteiger charge is 2.21. The van der Waals surface area contributed by atoms with Gasteiger partial charge in [0.2, 0.25) is 10.0 Å². The molecule has 5 nitrogen and oxygen atoms in total. The molecule has 3 rings (SSSR count). The van der Waals surface area contributed by atoms with E-state index < -0.39 is 10.0 Å². The lowest BCUT2D eigenvalue weighted by atomic mass is 10.1. The van der Waals surface area contributed by atoms with E-state index in [4.69, 9.17) is 23.2 Å². The summed E-state index contributed by atoms with van der Waals surface area (Å²) in [5.74, 6) is -0.247. The number of amides is 1. The van der Waals surface area contributed by atoms with Crippen molar-refractivity contribution in [3.05, 3.63) is 99.5 Å². The van der Waals surface area contributed by atoms with Crippen LogP contribution in [-0.2, 0) is 16.6 Å². The molecule has 0 aromatic heterocycles. The first kappa shape index (κ1) is 23.1. The first-order valence-electron chi connectivity index (χ1n) is 9.53. The Balaban J connectivity index is 1.81. The fraction of sp³-hybridized carbons (Fsp3) is 0.174. The van der Waals surface area contributed by atoms with Crippen LogP contribution in [0.1, 0.15) is 34.5 Å². The van der Waals surface area contributed by atoms with E-state index in [0.29, 0.717) is 26.9 Å². The molecule has 3 aromatic rings. The Bertz CT molecular complexity index is 1150. The Hall–Kier alpha value is -2.54. The topological polar surface area (TPSA) is 66.5 Å². The minimum Gasteiger partial charge on any atom is -0.346 e. The number of sulfonamides is 1. The normalized spacial score (nSPS) is 12.3. The third-order valence-electron chi connectivity index (χ3n) is 4.83. The lowest BCUT2D eigenvalue weighted by molar-refractivity contribution is 0.0940. The Labute approximate surface area is 192 Å². The molecule has 8 heteroatoms. The van der Waals surface area contributed by atoms with Gasteiger partial charge >= 0.3 is 0 Å². The molecule has 0 saturated heterocycles. The van der Waals surface area contributed by atoms with E-state index in [-0.39, 0.29) is 18.5 Å². The monoisotopic (exact) mass is 476 g/mol. The number of carbonyl (C=O) groups excluding carboxylic acids is 1. The van der Waals surface area contributed by atoms with Crippen LogP contribution in [0.5, 0.6) is 0 Å². The molecule has 0 spiro atoms. The minimum absolute atomic E-state index is 0.0199. The molecule has 0 aliphatic heterocycles. The second kappa shape index (κ2) is 9.73. The summed E-state index contributed by atoms with van der Waals surface area (Å²) in [4.78, 5) is 12.6. The fourth-order valence-corrected chi connectivity index (χ4v) is 4.50. The number of benzene rings is 3. The van der Waals surface area contributed by atoms with Gasteiger partial charge in [0, 0.05) is 21.2 Å². The molecule has 1 N–H and O–H groups in total. The number of nitrogens with one attached hydrogen (secondary N) is 1. The summed E-state index contributed by atoms with van der Waals surface area (Å²) in [7, 11) is -3.62. The third kappa shape index (κ3) is 5.79. The molecular weight excluding hydrogens is 455 g/mol. The Morgan fingerprint density at radius 3 is 2.06 bits per heavy atom. The van der Waals surface area contributed by atoms with Crippen molar-refractivity contribution in [2.75, 3.05) is 10.6 Å². The second-order valence-corrected chi connectivity index (χ2v) is 9.84. The van der Waals surface area contributed by atoms with E-state index in [0.717, 1.165) is 11.8 Å². The van der Waals surface area contributed by atoms with Crippen LogP contribution in [0.15, 0.2) is 72.8 Å². The second-order valence-electron chi connectivity index (χ2n) is 7.12. The molecule has 0 aliphatic rings. The van der Waals surface area contributed by atoms with Crippen LogP contribution >= 0.6 is 23.2 Å². The molecule has 0 saturated carbocycles. The number of carbonyl (C=O) groups is 1. The summed E-state index contributed by atoms with van der Waals surface area (Å²) < 4.78 is 26.1. The van der Waals surface area contributed by atoms with Crippen molar-refractivity contribution in [2.24, 2.45) is 0 Å². The molecule has 0 aliphatic carbocycles. The molecule has 3 aromatic carbocycles. The predicted octanol–water partition coefficient (Wildman–Crippen LogP) is 5.45. The molecule has 0 unspecified atom stereocenters. The number of halogens is 2. The number of hydrogen-bond acceptors (Lipinski definition) is 3.